The molecule has 0 spiro atoms. The number of para-hydroxylation sites is 2. The lowest BCUT2D eigenvalue weighted by molar-refractivity contribution is 0.477. The Labute approximate surface area is 151 Å². The van der Waals surface area contributed by atoms with Crippen LogP contribution in [0.15, 0.2) is 51.6 Å². The van der Waals surface area contributed by atoms with Gasteiger partial charge in [-0.2, -0.15) is 0 Å². The van der Waals surface area contributed by atoms with Gasteiger partial charge in [-0.25, -0.2) is 4.98 Å². The van der Waals surface area contributed by atoms with Crippen LogP contribution < -0.4 is 0 Å². The Morgan fingerprint density at radius 3 is 2.62 bits per heavy atom. The van der Waals surface area contributed by atoms with Crippen molar-refractivity contribution in [2.75, 3.05) is 0 Å². The van der Waals surface area contributed by atoms with E-state index in [4.69, 9.17) is 43.6 Å². The first-order chi connectivity index (χ1) is 11.5. The van der Waals surface area contributed by atoms with Crippen LogP contribution in [0, 0.1) is 0 Å². The molecule has 24 heavy (non-hydrogen) atoms. The second-order valence-electron chi connectivity index (χ2n) is 5.00. The summed E-state index contributed by atoms with van der Waals surface area (Å²) in [4.78, 5) is 4.61. The number of furan rings is 1. The van der Waals surface area contributed by atoms with Gasteiger partial charge in [0.1, 0.15) is 6.54 Å². The van der Waals surface area contributed by atoms with Crippen LogP contribution in [0.4, 0.5) is 0 Å². The summed E-state index contributed by atoms with van der Waals surface area (Å²) in [6, 6.07) is 11.0. The number of benzene rings is 1. The Hall–Kier alpha value is -2.02. The highest BCUT2D eigenvalue weighted by Gasteiger charge is 2.28. The molecule has 0 fully saturated rings. The predicted molar refractivity (Wildman–Crippen MR) is 90.1 cm³/mol. The van der Waals surface area contributed by atoms with Gasteiger partial charge in [0.25, 0.3) is 0 Å². The molecule has 6 nitrogen and oxygen atoms in total. The fourth-order valence-electron chi connectivity index (χ4n) is 2.43. The first kappa shape index (κ1) is 15.5. The number of alkyl halides is 3. The van der Waals surface area contributed by atoms with Crippen LogP contribution in [0.3, 0.4) is 0 Å². The SMILES string of the molecule is ClC(Cl)(Cl)c1ccc(-c2nc3ccccc3n2Cc2nnco2)o1. The Morgan fingerprint density at radius 2 is 1.92 bits per heavy atom. The highest BCUT2D eigenvalue weighted by Crippen LogP contribution is 2.40. The normalized spacial score (nSPS) is 12.1. The van der Waals surface area contributed by atoms with Crippen molar-refractivity contribution in [3.8, 4) is 11.6 Å². The molecule has 1 aromatic carbocycles. The van der Waals surface area contributed by atoms with Crippen LogP contribution in [0.1, 0.15) is 11.7 Å². The summed E-state index contributed by atoms with van der Waals surface area (Å²) < 4.78 is 11.2. The summed E-state index contributed by atoms with van der Waals surface area (Å²) >= 11 is 17.6. The van der Waals surface area contributed by atoms with E-state index in [9.17, 15) is 0 Å². The molecule has 3 aromatic heterocycles. The average molecular weight is 384 g/mol. The van der Waals surface area contributed by atoms with Crippen molar-refractivity contribution in [2.45, 2.75) is 10.3 Å². The molecule has 0 N–H and O–H groups in total. The maximum Gasteiger partial charge on any atom is 0.248 e. The van der Waals surface area contributed by atoms with Crippen LogP contribution in [-0.2, 0) is 10.3 Å². The Morgan fingerprint density at radius 1 is 1.08 bits per heavy atom. The first-order valence-corrected chi connectivity index (χ1v) is 8.03. The van der Waals surface area contributed by atoms with Crippen molar-refractivity contribution in [1.82, 2.24) is 19.7 Å². The number of halogens is 3. The summed E-state index contributed by atoms with van der Waals surface area (Å²) in [6.07, 6.45) is 1.28. The zero-order valence-corrected chi connectivity index (χ0v) is 14.3. The summed E-state index contributed by atoms with van der Waals surface area (Å²) in [6.45, 7) is 0.347. The van der Waals surface area contributed by atoms with Gasteiger partial charge in [0.15, 0.2) is 17.3 Å². The molecule has 0 aliphatic carbocycles. The molecule has 0 saturated heterocycles. The minimum absolute atomic E-state index is 0.221. The maximum absolute atomic E-state index is 5.87. The van der Waals surface area contributed by atoms with Gasteiger partial charge in [-0.1, -0.05) is 46.9 Å². The van der Waals surface area contributed by atoms with Crippen LogP contribution in [0.25, 0.3) is 22.6 Å². The number of fused-ring (bicyclic) bond motifs is 1. The van der Waals surface area contributed by atoms with Gasteiger partial charge in [-0.3, -0.25) is 0 Å². The van der Waals surface area contributed by atoms with E-state index < -0.39 is 3.79 Å². The van der Waals surface area contributed by atoms with E-state index in [1.807, 2.05) is 28.8 Å². The van der Waals surface area contributed by atoms with Crippen LogP contribution in [0.2, 0.25) is 0 Å². The summed E-state index contributed by atoms with van der Waals surface area (Å²) in [5.41, 5.74) is 1.70. The van der Waals surface area contributed by atoms with Crippen molar-refractivity contribution in [1.29, 1.82) is 0 Å². The number of hydrogen-bond acceptors (Lipinski definition) is 5. The molecule has 0 radical (unpaired) electrons. The van der Waals surface area contributed by atoms with Crippen LogP contribution in [0.5, 0.6) is 0 Å². The lowest BCUT2D eigenvalue weighted by Gasteiger charge is -2.07. The van der Waals surface area contributed by atoms with Crippen molar-refractivity contribution in [2.24, 2.45) is 0 Å². The van der Waals surface area contributed by atoms with E-state index in [-0.39, 0.29) is 5.76 Å². The highest BCUT2D eigenvalue weighted by atomic mass is 35.6. The monoisotopic (exact) mass is 382 g/mol. The van der Waals surface area contributed by atoms with Gasteiger partial charge in [-0.15, -0.1) is 10.2 Å². The molecule has 9 heteroatoms. The number of aromatic nitrogens is 4. The molecule has 3 heterocycles. The van der Waals surface area contributed by atoms with Gasteiger partial charge in [0.05, 0.1) is 11.0 Å². The van der Waals surface area contributed by atoms with Gasteiger partial charge in [0.2, 0.25) is 16.1 Å². The molecular formula is C15H9Cl3N4O2. The van der Waals surface area contributed by atoms with Gasteiger partial charge in [0, 0.05) is 0 Å². The minimum atomic E-state index is -1.64. The van der Waals surface area contributed by atoms with Gasteiger partial charge in [-0.05, 0) is 24.3 Å². The number of nitrogens with zero attached hydrogens (tertiary/aromatic N) is 4. The fourth-order valence-corrected chi connectivity index (χ4v) is 2.74. The molecule has 122 valence electrons. The number of hydrogen-bond donors (Lipinski definition) is 0. The first-order valence-electron chi connectivity index (χ1n) is 6.90. The average Bonchev–Trinajstić information content (AvgIpc) is 3.26. The van der Waals surface area contributed by atoms with E-state index in [1.165, 1.54) is 6.39 Å². The van der Waals surface area contributed by atoms with Gasteiger partial charge < -0.3 is 13.4 Å². The molecule has 0 atom stereocenters. The summed E-state index contributed by atoms with van der Waals surface area (Å²) in [5.74, 6) is 1.73. The minimum Gasteiger partial charge on any atom is -0.453 e. The largest absolute Gasteiger partial charge is 0.453 e. The standard InChI is InChI=1S/C15H9Cl3N4O2/c16-15(17,18)12-6-5-11(24-12)14-20-9-3-1-2-4-10(9)22(14)7-13-21-19-8-23-13/h1-6,8H,7H2. The van der Waals surface area contributed by atoms with E-state index in [0.717, 1.165) is 11.0 Å². The lowest BCUT2D eigenvalue weighted by Crippen LogP contribution is -2.02. The van der Waals surface area contributed by atoms with Crippen LogP contribution >= 0.6 is 34.8 Å². The smallest absolute Gasteiger partial charge is 0.248 e. The summed E-state index contributed by atoms with van der Waals surface area (Å²) in [5, 5.41) is 7.61. The molecule has 0 unspecified atom stereocenters. The van der Waals surface area contributed by atoms with Gasteiger partial charge >= 0.3 is 0 Å². The molecule has 0 bridgehead atoms. The second-order valence-corrected chi connectivity index (χ2v) is 7.29. The zero-order chi connectivity index (χ0) is 16.7. The van der Waals surface area contributed by atoms with Crippen molar-refractivity contribution < 1.29 is 8.83 Å². The molecule has 0 amide bonds. The number of rotatable bonds is 3. The third-order valence-corrected chi connectivity index (χ3v) is 4.02. The topological polar surface area (TPSA) is 69.9 Å². The molecule has 4 aromatic rings. The molecule has 0 aliphatic rings. The molecule has 0 aliphatic heterocycles. The van der Waals surface area contributed by atoms with Crippen molar-refractivity contribution in [3.05, 3.63) is 54.4 Å². The maximum atomic E-state index is 5.87. The Bertz CT molecular complexity index is 986. The van der Waals surface area contributed by atoms with E-state index >= 15 is 0 Å². The third-order valence-electron chi connectivity index (χ3n) is 3.46. The van der Waals surface area contributed by atoms with Crippen molar-refractivity contribution in [3.63, 3.8) is 0 Å². The van der Waals surface area contributed by atoms with Crippen LogP contribution in [-0.4, -0.2) is 19.7 Å². The highest BCUT2D eigenvalue weighted by molar-refractivity contribution is 6.66. The van der Waals surface area contributed by atoms with E-state index in [2.05, 4.69) is 15.2 Å². The molecule has 0 saturated carbocycles. The fraction of sp³-hybridized carbons (Fsp3) is 0.133. The van der Waals surface area contributed by atoms with E-state index in [0.29, 0.717) is 24.0 Å². The molecule has 4 rings (SSSR count). The Balaban J connectivity index is 1.86. The Kier molecular flexibility index (Phi) is 3.75. The third kappa shape index (κ3) is 2.77. The molecular weight excluding hydrogens is 375 g/mol. The van der Waals surface area contributed by atoms with E-state index in [1.54, 1.807) is 12.1 Å². The second kappa shape index (κ2) is 5.81. The number of imidazole rings is 1. The lowest BCUT2D eigenvalue weighted by atomic mass is 10.3. The quantitative estimate of drug-likeness (QED) is 0.485. The zero-order valence-electron chi connectivity index (χ0n) is 12.0. The summed E-state index contributed by atoms with van der Waals surface area (Å²) in [7, 11) is 0. The van der Waals surface area contributed by atoms with Crippen molar-refractivity contribution >= 4 is 45.8 Å². The predicted octanol–water partition coefficient (Wildman–Crippen LogP) is 4.55.